The topological polar surface area (TPSA) is 108 Å². The SMILES string of the molecule is CCOc1cc(/C=N\NC(=O)CC#N)ccc1OCc1ccccc1C#N. The van der Waals surface area contributed by atoms with Gasteiger partial charge in [0.05, 0.1) is 30.5 Å². The molecule has 7 nitrogen and oxygen atoms in total. The first kappa shape index (κ1) is 19.5. The van der Waals surface area contributed by atoms with Gasteiger partial charge in [0.2, 0.25) is 0 Å². The minimum absolute atomic E-state index is 0.238. The van der Waals surface area contributed by atoms with Crippen molar-refractivity contribution in [1.82, 2.24) is 5.43 Å². The fourth-order valence-electron chi connectivity index (χ4n) is 2.19. The van der Waals surface area contributed by atoms with Gasteiger partial charge in [-0.15, -0.1) is 0 Å². The van der Waals surface area contributed by atoms with Crippen LogP contribution in [0.3, 0.4) is 0 Å². The van der Waals surface area contributed by atoms with Gasteiger partial charge in [-0.05, 0) is 36.8 Å². The fourth-order valence-corrected chi connectivity index (χ4v) is 2.19. The molecule has 0 radical (unpaired) electrons. The molecule has 0 aliphatic carbocycles. The summed E-state index contributed by atoms with van der Waals surface area (Å²) >= 11 is 0. The third kappa shape index (κ3) is 5.87. The van der Waals surface area contributed by atoms with Crippen LogP contribution in [-0.2, 0) is 11.4 Å². The first-order valence-electron chi connectivity index (χ1n) is 8.24. The van der Waals surface area contributed by atoms with Gasteiger partial charge in [0.1, 0.15) is 13.0 Å². The Balaban J connectivity index is 2.11. The van der Waals surface area contributed by atoms with Crippen LogP contribution in [-0.4, -0.2) is 18.7 Å². The van der Waals surface area contributed by atoms with Crippen LogP contribution in [0.15, 0.2) is 47.6 Å². The highest BCUT2D eigenvalue weighted by Crippen LogP contribution is 2.29. The number of carbonyl (C=O) groups excluding carboxylic acids is 1. The number of nitrogens with one attached hydrogen (secondary N) is 1. The number of hydrogen-bond acceptors (Lipinski definition) is 6. The molecule has 0 bridgehead atoms. The molecule has 0 saturated heterocycles. The van der Waals surface area contributed by atoms with E-state index in [1.54, 1.807) is 36.4 Å². The lowest BCUT2D eigenvalue weighted by Crippen LogP contribution is -2.16. The predicted molar refractivity (Wildman–Crippen MR) is 99.1 cm³/mol. The third-order valence-corrected chi connectivity index (χ3v) is 3.43. The Morgan fingerprint density at radius 1 is 1.19 bits per heavy atom. The van der Waals surface area contributed by atoms with E-state index in [1.807, 2.05) is 19.1 Å². The number of ether oxygens (including phenoxy) is 2. The molecule has 0 aromatic heterocycles. The smallest absolute Gasteiger partial charge is 0.254 e. The monoisotopic (exact) mass is 362 g/mol. The van der Waals surface area contributed by atoms with Crippen LogP contribution in [0.25, 0.3) is 0 Å². The number of rotatable bonds is 8. The summed E-state index contributed by atoms with van der Waals surface area (Å²) in [5.74, 6) is 0.587. The van der Waals surface area contributed by atoms with Crippen molar-refractivity contribution in [2.45, 2.75) is 20.0 Å². The second kappa shape index (κ2) is 10.2. The van der Waals surface area contributed by atoms with Gasteiger partial charge in [-0.25, -0.2) is 5.43 Å². The van der Waals surface area contributed by atoms with Gasteiger partial charge >= 0.3 is 0 Å². The van der Waals surface area contributed by atoms with Gasteiger partial charge in [0, 0.05) is 5.56 Å². The van der Waals surface area contributed by atoms with Crippen LogP contribution < -0.4 is 14.9 Å². The van der Waals surface area contributed by atoms with Crippen LogP contribution in [0, 0.1) is 22.7 Å². The Labute approximate surface area is 157 Å². The molecule has 27 heavy (non-hydrogen) atoms. The minimum Gasteiger partial charge on any atom is -0.490 e. The van der Waals surface area contributed by atoms with Crippen molar-refractivity contribution in [2.24, 2.45) is 5.10 Å². The fraction of sp³-hybridized carbons (Fsp3) is 0.200. The van der Waals surface area contributed by atoms with E-state index in [0.29, 0.717) is 29.2 Å². The van der Waals surface area contributed by atoms with Crippen molar-refractivity contribution < 1.29 is 14.3 Å². The number of nitriles is 2. The molecule has 1 N–H and O–H groups in total. The lowest BCUT2D eigenvalue weighted by Gasteiger charge is -2.13. The predicted octanol–water partition coefficient (Wildman–Crippen LogP) is 2.90. The number of nitrogens with zero attached hydrogens (tertiary/aromatic N) is 3. The normalized spacial score (nSPS) is 10.0. The summed E-state index contributed by atoms with van der Waals surface area (Å²) in [5.41, 5.74) is 4.31. The summed E-state index contributed by atoms with van der Waals surface area (Å²) in [6.07, 6.45) is 1.20. The van der Waals surface area contributed by atoms with Crippen molar-refractivity contribution in [2.75, 3.05) is 6.61 Å². The van der Waals surface area contributed by atoms with Gasteiger partial charge < -0.3 is 9.47 Å². The number of carbonyl (C=O) groups is 1. The molecule has 2 aromatic rings. The number of benzene rings is 2. The standard InChI is InChI=1S/C20H18N4O3/c1-2-26-19-11-15(13-23-24-20(25)9-10-21)7-8-18(19)27-14-17-6-4-3-5-16(17)12-22/h3-8,11,13H,2,9,14H2,1H3,(H,24,25)/b23-13-. The highest BCUT2D eigenvalue weighted by Gasteiger charge is 2.08. The summed E-state index contributed by atoms with van der Waals surface area (Å²) in [6.45, 7) is 2.55. The summed E-state index contributed by atoms with van der Waals surface area (Å²) in [7, 11) is 0. The van der Waals surface area contributed by atoms with Crippen LogP contribution in [0.5, 0.6) is 11.5 Å². The lowest BCUT2D eigenvalue weighted by molar-refractivity contribution is -0.120. The Bertz CT molecular complexity index is 910. The molecule has 0 atom stereocenters. The molecule has 1 amide bonds. The third-order valence-electron chi connectivity index (χ3n) is 3.43. The summed E-state index contributed by atoms with van der Waals surface area (Å²) < 4.78 is 11.4. The molecule has 0 aliphatic heterocycles. The Kier molecular flexibility index (Phi) is 7.37. The maximum absolute atomic E-state index is 11.2. The molecule has 0 spiro atoms. The van der Waals surface area contributed by atoms with E-state index in [-0.39, 0.29) is 13.0 Å². The molecule has 2 rings (SSSR count). The number of hydrazone groups is 1. The van der Waals surface area contributed by atoms with E-state index in [2.05, 4.69) is 16.6 Å². The van der Waals surface area contributed by atoms with Crippen LogP contribution in [0.2, 0.25) is 0 Å². The molecule has 0 fully saturated rings. The Hall–Kier alpha value is -3.84. The van der Waals surface area contributed by atoms with Crippen molar-refractivity contribution >= 4 is 12.1 Å². The van der Waals surface area contributed by atoms with Gasteiger partial charge in [-0.2, -0.15) is 15.6 Å². The maximum atomic E-state index is 11.2. The van der Waals surface area contributed by atoms with E-state index < -0.39 is 5.91 Å². The van der Waals surface area contributed by atoms with Crippen molar-refractivity contribution in [3.8, 4) is 23.6 Å². The minimum atomic E-state index is -0.477. The molecule has 7 heteroatoms. The van der Waals surface area contributed by atoms with E-state index in [4.69, 9.17) is 20.0 Å². The average molecular weight is 362 g/mol. The van der Waals surface area contributed by atoms with Gasteiger partial charge in [-0.3, -0.25) is 4.79 Å². The first-order chi connectivity index (χ1) is 13.2. The van der Waals surface area contributed by atoms with Crippen molar-refractivity contribution in [1.29, 1.82) is 10.5 Å². The summed E-state index contributed by atoms with van der Waals surface area (Å²) in [5, 5.41) is 21.4. The Morgan fingerprint density at radius 2 is 2.00 bits per heavy atom. The maximum Gasteiger partial charge on any atom is 0.254 e. The van der Waals surface area contributed by atoms with Crippen LogP contribution >= 0.6 is 0 Å². The highest BCUT2D eigenvalue weighted by molar-refractivity contribution is 5.83. The molecular weight excluding hydrogens is 344 g/mol. The van der Waals surface area contributed by atoms with Gasteiger partial charge in [0.25, 0.3) is 5.91 Å². The summed E-state index contributed by atoms with van der Waals surface area (Å²) in [4.78, 5) is 11.2. The molecule has 0 unspecified atom stereocenters. The van der Waals surface area contributed by atoms with Crippen LogP contribution in [0.4, 0.5) is 0 Å². The van der Waals surface area contributed by atoms with Crippen LogP contribution in [0.1, 0.15) is 30.0 Å². The van der Waals surface area contributed by atoms with Crippen molar-refractivity contribution in [3.63, 3.8) is 0 Å². The quantitative estimate of drug-likeness (QED) is 0.574. The number of hydrogen-bond donors (Lipinski definition) is 1. The van der Waals surface area contributed by atoms with E-state index in [0.717, 1.165) is 5.56 Å². The average Bonchev–Trinajstić information content (AvgIpc) is 2.68. The van der Waals surface area contributed by atoms with E-state index in [9.17, 15) is 4.79 Å². The molecular formula is C20H18N4O3. The zero-order chi connectivity index (χ0) is 19.5. The second-order valence-electron chi connectivity index (χ2n) is 5.32. The van der Waals surface area contributed by atoms with Crippen molar-refractivity contribution in [3.05, 3.63) is 59.2 Å². The lowest BCUT2D eigenvalue weighted by atomic mass is 10.1. The first-order valence-corrected chi connectivity index (χ1v) is 8.24. The Morgan fingerprint density at radius 3 is 2.74 bits per heavy atom. The zero-order valence-corrected chi connectivity index (χ0v) is 14.8. The highest BCUT2D eigenvalue weighted by atomic mass is 16.5. The van der Waals surface area contributed by atoms with Gasteiger partial charge in [0.15, 0.2) is 11.5 Å². The number of amides is 1. The van der Waals surface area contributed by atoms with Gasteiger partial charge in [-0.1, -0.05) is 18.2 Å². The molecule has 0 aliphatic rings. The molecule has 0 heterocycles. The second-order valence-corrected chi connectivity index (χ2v) is 5.32. The molecule has 136 valence electrons. The molecule has 0 saturated carbocycles. The van der Waals surface area contributed by atoms with E-state index in [1.165, 1.54) is 6.21 Å². The largest absolute Gasteiger partial charge is 0.490 e. The zero-order valence-electron chi connectivity index (χ0n) is 14.8. The summed E-state index contributed by atoms with van der Waals surface area (Å²) in [6, 6.07) is 16.3. The van der Waals surface area contributed by atoms with E-state index >= 15 is 0 Å². The molecule has 2 aromatic carbocycles.